The summed E-state index contributed by atoms with van der Waals surface area (Å²) in [6.07, 6.45) is -9.48. The second-order valence-electron chi connectivity index (χ2n) is 4.86. The fourth-order valence-electron chi connectivity index (χ4n) is 1.85. The van der Waals surface area contributed by atoms with Crippen LogP contribution in [0.3, 0.4) is 0 Å². The summed E-state index contributed by atoms with van der Waals surface area (Å²) in [5.41, 5.74) is -2.74. The van der Waals surface area contributed by atoms with Crippen molar-refractivity contribution in [2.75, 3.05) is 4.72 Å². The van der Waals surface area contributed by atoms with Crippen LogP contribution in [0.5, 0.6) is 0 Å². The molecule has 0 atom stereocenters. The molecule has 25 heavy (non-hydrogen) atoms. The lowest BCUT2D eigenvalue weighted by Crippen LogP contribution is -2.15. The van der Waals surface area contributed by atoms with E-state index in [1.165, 1.54) is 0 Å². The first kappa shape index (κ1) is 19.6. The van der Waals surface area contributed by atoms with Gasteiger partial charge in [0.2, 0.25) is 0 Å². The molecule has 2 aromatic carbocycles. The van der Waals surface area contributed by atoms with Gasteiger partial charge in [0.05, 0.1) is 16.0 Å². The molecule has 2 rings (SSSR count). The molecule has 0 spiro atoms. The maximum absolute atomic E-state index is 12.8. The average molecular weight is 448 g/mol. The van der Waals surface area contributed by atoms with Gasteiger partial charge in [0, 0.05) is 10.2 Å². The van der Waals surface area contributed by atoms with Gasteiger partial charge in [0.25, 0.3) is 10.0 Å². The summed E-state index contributed by atoms with van der Waals surface area (Å²) in [6.45, 7) is 0. The number of hydrogen-bond donors (Lipinski definition) is 1. The van der Waals surface area contributed by atoms with E-state index in [0.717, 1.165) is 24.3 Å². The Morgan fingerprint density at radius 3 is 2.00 bits per heavy atom. The lowest BCUT2D eigenvalue weighted by Gasteiger charge is -2.13. The van der Waals surface area contributed by atoms with Crippen LogP contribution in [0.4, 0.5) is 32.0 Å². The van der Waals surface area contributed by atoms with E-state index in [1.807, 2.05) is 4.72 Å². The number of nitrogens with one attached hydrogen (secondary N) is 1. The van der Waals surface area contributed by atoms with E-state index in [4.69, 9.17) is 0 Å². The van der Waals surface area contributed by atoms with Gasteiger partial charge < -0.3 is 0 Å². The third-order valence-electron chi connectivity index (χ3n) is 2.95. The molecule has 136 valence electrons. The van der Waals surface area contributed by atoms with Crippen molar-refractivity contribution in [3.05, 3.63) is 58.1 Å². The molecule has 3 nitrogen and oxygen atoms in total. The Balaban J connectivity index is 2.42. The molecular weight excluding hydrogens is 440 g/mol. The minimum atomic E-state index is -4.79. The Morgan fingerprint density at radius 2 is 1.44 bits per heavy atom. The Labute approximate surface area is 146 Å². The zero-order chi connectivity index (χ0) is 19.0. The van der Waals surface area contributed by atoms with E-state index in [0.29, 0.717) is 18.2 Å². The molecule has 0 saturated heterocycles. The molecule has 0 radical (unpaired) electrons. The maximum atomic E-state index is 12.8. The molecular formula is C14H8BrF6NO2S. The summed E-state index contributed by atoms with van der Waals surface area (Å²) < 4.78 is 102. The SMILES string of the molecule is O=S(=O)(Nc1cccc(C(F)(F)F)c1)c1cc(Br)cc(C(F)(F)F)c1. The number of halogens is 7. The molecule has 0 bridgehead atoms. The molecule has 0 heterocycles. The molecule has 0 fully saturated rings. The van der Waals surface area contributed by atoms with Gasteiger partial charge in [0.15, 0.2) is 0 Å². The third-order valence-corrected chi connectivity index (χ3v) is 4.77. The van der Waals surface area contributed by atoms with Gasteiger partial charge in [-0.2, -0.15) is 26.3 Å². The smallest absolute Gasteiger partial charge is 0.280 e. The molecule has 0 unspecified atom stereocenters. The van der Waals surface area contributed by atoms with Crippen LogP contribution in [0.15, 0.2) is 51.8 Å². The van der Waals surface area contributed by atoms with Crippen molar-refractivity contribution in [2.45, 2.75) is 17.2 Å². The Hall–Kier alpha value is -1.75. The monoisotopic (exact) mass is 447 g/mol. The van der Waals surface area contributed by atoms with Gasteiger partial charge in [-0.3, -0.25) is 4.72 Å². The van der Waals surface area contributed by atoms with E-state index in [2.05, 4.69) is 15.9 Å². The van der Waals surface area contributed by atoms with E-state index in [-0.39, 0.29) is 4.47 Å². The van der Waals surface area contributed by atoms with Crippen LogP contribution in [-0.2, 0) is 22.4 Å². The van der Waals surface area contributed by atoms with Crippen molar-refractivity contribution in [2.24, 2.45) is 0 Å². The molecule has 1 N–H and O–H groups in total. The Morgan fingerprint density at radius 1 is 0.840 bits per heavy atom. The van der Waals surface area contributed by atoms with Gasteiger partial charge >= 0.3 is 12.4 Å². The number of hydrogen-bond acceptors (Lipinski definition) is 2. The fourth-order valence-corrected chi connectivity index (χ4v) is 3.62. The molecule has 0 amide bonds. The van der Waals surface area contributed by atoms with E-state index < -0.39 is 44.1 Å². The molecule has 2 aromatic rings. The zero-order valence-electron chi connectivity index (χ0n) is 11.9. The fraction of sp³-hybridized carbons (Fsp3) is 0.143. The second-order valence-corrected chi connectivity index (χ2v) is 7.46. The highest BCUT2D eigenvalue weighted by atomic mass is 79.9. The van der Waals surface area contributed by atoms with Gasteiger partial charge in [-0.1, -0.05) is 22.0 Å². The maximum Gasteiger partial charge on any atom is 0.416 e. The van der Waals surface area contributed by atoms with Crippen LogP contribution in [0, 0.1) is 0 Å². The quantitative estimate of drug-likeness (QED) is 0.650. The van der Waals surface area contributed by atoms with Crippen molar-refractivity contribution < 1.29 is 34.8 Å². The number of sulfonamides is 1. The lowest BCUT2D eigenvalue weighted by atomic mass is 10.2. The highest BCUT2D eigenvalue weighted by Gasteiger charge is 2.33. The first-order valence-electron chi connectivity index (χ1n) is 6.37. The summed E-state index contributed by atoms with van der Waals surface area (Å²) in [5.74, 6) is 0. The van der Waals surface area contributed by atoms with Crippen molar-refractivity contribution >= 4 is 31.6 Å². The minimum absolute atomic E-state index is 0.147. The van der Waals surface area contributed by atoms with Crippen LogP contribution < -0.4 is 4.72 Å². The number of benzene rings is 2. The van der Waals surface area contributed by atoms with Crippen molar-refractivity contribution in [3.63, 3.8) is 0 Å². The van der Waals surface area contributed by atoms with Gasteiger partial charge in [0.1, 0.15) is 0 Å². The van der Waals surface area contributed by atoms with Crippen LogP contribution in [0.1, 0.15) is 11.1 Å². The minimum Gasteiger partial charge on any atom is -0.280 e. The predicted molar refractivity (Wildman–Crippen MR) is 81.4 cm³/mol. The van der Waals surface area contributed by atoms with E-state index in [9.17, 15) is 34.8 Å². The van der Waals surface area contributed by atoms with E-state index >= 15 is 0 Å². The summed E-state index contributed by atoms with van der Waals surface area (Å²) in [4.78, 5) is -0.744. The number of alkyl halides is 6. The molecule has 0 aliphatic rings. The van der Waals surface area contributed by atoms with Crippen LogP contribution in [0.25, 0.3) is 0 Å². The third kappa shape index (κ3) is 4.88. The molecule has 0 aliphatic heterocycles. The largest absolute Gasteiger partial charge is 0.416 e. The number of anilines is 1. The molecule has 0 aromatic heterocycles. The Bertz CT molecular complexity index is 893. The Kier molecular flexibility index (Phi) is 5.11. The summed E-state index contributed by atoms with van der Waals surface area (Å²) >= 11 is 2.78. The topological polar surface area (TPSA) is 46.2 Å². The normalized spacial score (nSPS) is 12.9. The van der Waals surface area contributed by atoms with Crippen LogP contribution in [-0.4, -0.2) is 8.42 Å². The standard InChI is InChI=1S/C14H8BrF6NO2S/c15-10-4-9(14(19,20)21)6-12(7-10)25(23,24)22-11-3-1-2-8(5-11)13(16,17)18/h1-7,22H. The van der Waals surface area contributed by atoms with Crippen molar-refractivity contribution in [1.82, 2.24) is 0 Å². The zero-order valence-corrected chi connectivity index (χ0v) is 14.3. The summed E-state index contributed by atoms with van der Waals surface area (Å²) in [7, 11) is -4.53. The second kappa shape index (κ2) is 6.52. The van der Waals surface area contributed by atoms with Gasteiger partial charge in [-0.25, -0.2) is 8.42 Å². The highest BCUT2D eigenvalue weighted by molar-refractivity contribution is 9.10. The van der Waals surface area contributed by atoms with Crippen molar-refractivity contribution in [1.29, 1.82) is 0 Å². The molecule has 0 saturated carbocycles. The van der Waals surface area contributed by atoms with Crippen LogP contribution in [0.2, 0.25) is 0 Å². The highest BCUT2D eigenvalue weighted by Crippen LogP contribution is 2.34. The van der Waals surface area contributed by atoms with E-state index in [1.54, 1.807) is 0 Å². The number of rotatable bonds is 3. The predicted octanol–water partition coefficient (Wildman–Crippen LogP) is 5.29. The summed E-state index contributed by atoms with van der Waals surface area (Å²) in [6, 6.07) is 5.28. The first-order valence-corrected chi connectivity index (χ1v) is 8.64. The molecule has 11 heteroatoms. The molecule has 0 aliphatic carbocycles. The lowest BCUT2D eigenvalue weighted by molar-refractivity contribution is -0.138. The van der Waals surface area contributed by atoms with Gasteiger partial charge in [-0.05, 0) is 36.4 Å². The average Bonchev–Trinajstić information content (AvgIpc) is 2.44. The van der Waals surface area contributed by atoms with Crippen LogP contribution >= 0.6 is 15.9 Å². The summed E-state index contributed by atoms with van der Waals surface area (Å²) in [5, 5.41) is 0. The van der Waals surface area contributed by atoms with Gasteiger partial charge in [-0.15, -0.1) is 0 Å². The first-order chi connectivity index (χ1) is 11.3. The van der Waals surface area contributed by atoms with Crippen molar-refractivity contribution in [3.8, 4) is 0 Å².